The number of benzene rings is 2. The Morgan fingerprint density at radius 1 is 1.11 bits per heavy atom. The molecule has 0 aliphatic carbocycles. The van der Waals surface area contributed by atoms with E-state index in [-0.39, 0.29) is 17.3 Å². The number of fused-ring (bicyclic) bond motifs is 1. The van der Waals surface area contributed by atoms with Gasteiger partial charge in [-0.2, -0.15) is 0 Å². The van der Waals surface area contributed by atoms with Crippen LogP contribution in [0.2, 0.25) is 0 Å². The molecule has 0 spiro atoms. The van der Waals surface area contributed by atoms with Crippen LogP contribution in [0.3, 0.4) is 0 Å². The molecule has 0 saturated heterocycles. The minimum atomic E-state index is -0.621. The topological polar surface area (TPSA) is 75.0 Å². The fourth-order valence-corrected chi connectivity index (χ4v) is 2.91. The van der Waals surface area contributed by atoms with Gasteiger partial charge in [0.2, 0.25) is 11.5 Å². The Balaban J connectivity index is 1.62. The maximum absolute atomic E-state index is 12.7. The summed E-state index contributed by atoms with van der Waals surface area (Å²) in [4.78, 5) is 24.8. The minimum absolute atomic E-state index is 0.0931. The van der Waals surface area contributed by atoms with Gasteiger partial charge in [0.1, 0.15) is 17.2 Å². The molecule has 1 aliphatic rings. The first-order chi connectivity index (χ1) is 13.6. The highest BCUT2D eigenvalue weighted by Crippen LogP contribution is 2.39. The quantitative estimate of drug-likeness (QED) is 0.381. The SMILES string of the molecule is COc1cccc(/C=C2\Oc3c(ccc(OC(=O)c4ccco4)c3C)C2=O)c1. The first-order valence-corrected chi connectivity index (χ1v) is 8.54. The molecule has 0 bridgehead atoms. The third-order valence-corrected chi connectivity index (χ3v) is 4.35. The highest BCUT2D eigenvalue weighted by molar-refractivity contribution is 6.15. The molecular formula is C22H16O6. The van der Waals surface area contributed by atoms with E-state index in [1.54, 1.807) is 44.4 Å². The van der Waals surface area contributed by atoms with Gasteiger partial charge in [0.15, 0.2) is 5.76 Å². The maximum Gasteiger partial charge on any atom is 0.379 e. The average molecular weight is 376 g/mol. The fourth-order valence-electron chi connectivity index (χ4n) is 2.91. The van der Waals surface area contributed by atoms with Crippen molar-refractivity contribution in [1.29, 1.82) is 0 Å². The Kier molecular flexibility index (Phi) is 4.45. The summed E-state index contributed by atoms with van der Waals surface area (Å²) in [7, 11) is 1.58. The van der Waals surface area contributed by atoms with E-state index >= 15 is 0 Å². The van der Waals surface area contributed by atoms with E-state index in [2.05, 4.69) is 0 Å². The van der Waals surface area contributed by atoms with E-state index in [0.717, 1.165) is 5.56 Å². The van der Waals surface area contributed by atoms with E-state index in [9.17, 15) is 9.59 Å². The number of Topliss-reactive ketones (excluding diaryl/α,β-unsaturated/α-hetero) is 1. The van der Waals surface area contributed by atoms with Gasteiger partial charge >= 0.3 is 5.97 Å². The molecule has 6 heteroatoms. The van der Waals surface area contributed by atoms with Crippen LogP contribution in [0.4, 0.5) is 0 Å². The number of hydrogen-bond donors (Lipinski definition) is 0. The van der Waals surface area contributed by atoms with Gasteiger partial charge in [-0.05, 0) is 55.0 Å². The molecule has 28 heavy (non-hydrogen) atoms. The largest absolute Gasteiger partial charge is 0.497 e. The Bertz CT molecular complexity index is 1090. The van der Waals surface area contributed by atoms with Crippen molar-refractivity contribution in [3.63, 3.8) is 0 Å². The molecule has 0 saturated carbocycles. The van der Waals surface area contributed by atoms with Crippen molar-refractivity contribution in [2.75, 3.05) is 7.11 Å². The van der Waals surface area contributed by atoms with Gasteiger partial charge < -0.3 is 18.6 Å². The van der Waals surface area contributed by atoms with Crippen LogP contribution >= 0.6 is 0 Å². The third kappa shape index (κ3) is 3.16. The van der Waals surface area contributed by atoms with Crippen LogP contribution < -0.4 is 14.2 Å². The lowest BCUT2D eigenvalue weighted by Crippen LogP contribution is -2.08. The summed E-state index contributed by atoms with van der Waals surface area (Å²) in [5, 5.41) is 0. The number of hydrogen-bond acceptors (Lipinski definition) is 6. The van der Waals surface area contributed by atoms with Crippen LogP contribution in [-0.2, 0) is 0 Å². The molecular weight excluding hydrogens is 360 g/mol. The maximum atomic E-state index is 12.7. The summed E-state index contributed by atoms with van der Waals surface area (Å²) in [6.07, 6.45) is 3.04. The highest BCUT2D eigenvalue weighted by atomic mass is 16.5. The molecule has 4 rings (SSSR count). The Morgan fingerprint density at radius 3 is 2.71 bits per heavy atom. The second-order valence-electron chi connectivity index (χ2n) is 6.15. The number of rotatable bonds is 4. The van der Waals surface area contributed by atoms with Gasteiger partial charge in [-0.15, -0.1) is 0 Å². The number of ketones is 1. The van der Waals surface area contributed by atoms with Gasteiger partial charge in [-0.25, -0.2) is 4.79 Å². The summed E-state index contributed by atoms with van der Waals surface area (Å²) in [6, 6.07) is 13.6. The van der Waals surface area contributed by atoms with E-state index < -0.39 is 5.97 Å². The van der Waals surface area contributed by atoms with Crippen molar-refractivity contribution in [2.45, 2.75) is 6.92 Å². The Hall–Kier alpha value is -3.80. The standard InChI is InChI=1S/C22H16O6/c1-13-17(28-22(24)18-7-4-10-26-18)9-8-16-20(23)19(27-21(13)16)12-14-5-3-6-15(11-14)25-2/h3-12H,1-2H3/b19-12-. The number of furan rings is 1. The summed E-state index contributed by atoms with van der Waals surface area (Å²) in [5.74, 6) is 0.797. The lowest BCUT2D eigenvalue weighted by molar-refractivity contribution is 0.0700. The molecule has 0 fully saturated rings. The molecule has 0 radical (unpaired) electrons. The lowest BCUT2D eigenvalue weighted by Gasteiger charge is -2.09. The summed E-state index contributed by atoms with van der Waals surface area (Å²) < 4.78 is 21.4. The molecule has 140 valence electrons. The Labute approximate surface area is 160 Å². The van der Waals surface area contributed by atoms with Crippen molar-refractivity contribution < 1.29 is 28.2 Å². The van der Waals surface area contributed by atoms with Crippen molar-refractivity contribution in [3.8, 4) is 17.2 Å². The second kappa shape index (κ2) is 7.08. The fraction of sp³-hybridized carbons (Fsp3) is 0.0909. The zero-order chi connectivity index (χ0) is 19.7. The molecule has 1 aromatic heterocycles. The van der Waals surface area contributed by atoms with Gasteiger partial charge in [0.25, 0.3) is 0 Å². The number of esters is 1. The molecule has 3 aromatic rings. The summed E-state index contributed by atoms with van der Waals surface area (Å²) in [6.45, 7) is 1.73. The van der Waals surface area contributed by atoms with Crippen molar-refractivity contribution >= 4 is 17.8 Å². The first kappa shape index (κ1) is 17.6. The predicted octanol–water partition coefficient (Wildman–Crippen LogP) is 4.43. The zero-order valence-corrected chi connectivity index (χ0v) is 15.2. The molecule has 6 nitrogen and oxygen atoms in total. The van der Waals surface area contributed by atoms with Crippen LogP contribution in [-0.4, -0.2) is 18.9 Å². The van der Waals surface area contributed by atoms with E-state index in [0.29, 0.717) is 28.4 Å². The van der Waals surface area contributed by atoms with Crippen molar-refractivity contribution in [1.82, 2.24) is 0 Å². The molecule has 0 N–H and O–H groups in total. The van der Waals surface area contributed by atoms with Crippen LogP contribution in [0.25, 0.3) is 6.08 Å². The van der Waals surface area contributed by atoms with Crippen molar-refractivity contribution in [2.24, 2.45) is 0 Å². The van der Waals surface area contributed by atoms with Crippen molar-refractivity contribution in [3.05, 3.63) is 83.0 Å². The normalized spacial score (nSPS) is 13.9. The van der Waals surface area contributed by atoms with Gasteiger partial charge in [-0.3, -0.25) is 4.79 Å². The molecule has 0 unspecified atom stereocenters. The van der Waals surface area contributed by atoms with Gasteiger partial charge in [0, 0.05) is 5.56 Å². The van der Waals surface area contributed by atoms with Crippen LogP contribution in [0.5, 0.6) is 17.2 Å². The molecule has 1 aliphatic heterocycles. The summed E-state index contributed by atoms with van der Waals surface area (Å²) in [5.41, 5.74) is 1.75. The zero-order valence-electron chi connectivity index (χ0n) is 15.2. The highest BCUT2D eigenvalue weighted by Gasteiger charge is 2.30. The van der Waals surface area contributed by atoms with E-state index in [1.165, 1.54) is 12.3 Å². The lowest BCUT2D eigenvalue weighted by atomic mass is 10.1. The predicted molar refractivity (Wildman–Crippen MR) is 101 cm³/mol. The van der Waals surface area contributed by atoms with Crippen LogP contribution in [0.15, 0.2) is 65.0 Å². The molecule has 0 amide bonds. The molecule has 2 heterocycles. The molecule has 0 atom stereocenters. The van der Waals surface area contributed by atoms with E-state index in [1.807, 2.05) is 18.2 Å². The minimum Gasteiger partial charge on any atom is -0.497 e. The number of ether oxygens (including phenoxy) is 3. The van der Waals surface area contributed by atoms with Crippen LogP contribution in [0, 0.1) is 6.92 Å². The van der Waals surface area contributed by atoms with E-state index in [4.69, 9.17) is 18.6 Å². The smallest absolute Gasteiger partial charge is 0.379 e. The van der Waals surface area contributed by atoms with Crippen LogP contribution in [0.1, 0.15) is 32.0 Å². The monoisotopic (exact) mass is 376 g/mol. The first-order valence-electron chi connectivity index (χ1n) is 8.54. The number of carbonyl (C=O) groups excluding carboxylic acids is 2. The number of carbonyl (C=O) groups is 2. The number of allylic oxidation sites excluding steroid dienone is 1. The third-order valence-electron chi connectivity index (χ3n) is 4.35. The van der Waals surface area contributed by atoms with Gasteiger partial charge in [-0.1, -0.05) is 12.1 Å². The second-order valence-corrected chi connectivity index (χ2v) is 6.15. The average Bonchev–Trinajstić information content (AvgIpc) is 3.34. The molecule has 2 aromatic carbocycles. The summed E-state index contributed by atoms with van der Waals surface area (Å²) >= 11 is 0. The number of methoxy groups -OCH3 is 1. The van der Waals surface area contributed by atoms with Gasteiger partial charge in [0.05, 0.1) is 18.9 Å². The Morgan fingerprint density at radius 2 is 1.96 bits per heavy atom.